The molecule has 2 aromatic carbocycles. The van der Waals surface area contributed by atoms with E-state index >= 15 is 0 Å². The van der Waals surface area contributed by atoms with Gasteiger partial charge in [-0.05, 0) is 73.2 Å². The molecule has 0 unspecified atom stereocenters. The van der Waals surface area contributed by atoms with Gasteiger partial charge in [-0.2, -0.15) is 0 Å². The number of methoxy groups -OCH3 is 1. The fourth-order valence-corrected chi connectivity index (χ4v) is 4.11. The number of hydrogen-bond acceptors (Lipinski definition) is 5. The van der Waals surface area contributed by atoms with Gasteiger partial charge in [0.15, 0.2) is 0 Å². The number of carbonyl (C=O) groups excluding carboxylic acids is 1. The van der Waals surface area contributed by atoms with E-state index in [1.807, 2.05) is 73.9 Å². The number of pyridine rings is 1. The Kier molecular flexibility index (Phi) is 7.45. The van der Waals surface area contributed by atoms with Crippen molar-refractivity contribution in [1.82, 2.24) is 10.3 Å². The first-order valence-electron chi connectivity index (χ1n) is 11.4. The SMILES string of the molecule is COc1cccc(COc2cc(C(=O)NCC3CCN(c4ccncc4)CC3)ccc2C)c1. The molecule has 1 aliphatic rings. The van der Waals surface area contributed by atoms with Crippen LogP contribution in [0.5, 0.6) is 11.5 Å². The molecule has 1 aliphatic heterocycles. The Morgan fingerprint density at radius 2 is 1.88 bits per heavy atom. The zero-order valence-electron chi connectivity index (χ0n) is 19.3. The van der Waals surface area contributed by atoms with E-state index in [9.17, 15) is 4.79 Å². The standard InChI is InChI=1S/C27H31N3O3/c1-20-6-7-23(17-26(20)33-19-22-4-3-5-25(16-22)32-2)27(31)29-18-21-10-14-30(15-11-21)24-8-12-28-13-9-24/h3-9,12-13,16-17,21H,10-11,14-15,18-19H2,1-2H3,(H,29,31). The molecule has 1 amide bonds. The molecular weight excluding hydrogens is 414 g/mol. The summed E-state index contributed by atoms with van der Waals surface area (Å²) in [5, 5.41) is 3.12. The number of aromatic nitrogens is 1. The number of benzene rings is 2. The molecule has 0 bridgehead atoms. The van der Waals surface area contributed by atoms with Crippen LogP contribution in [0.4, 0.5) is 5.69 Å². The maximum absolute atomic E-state index is 12.8. The Bertz CT molecular complexity index is 1060. The highest BCUT2D eigenvalue weighted by Crippen LogP contribution is 2.24. The summed E-state index contributed by atoms with van der Waals surface area (Å²) in [4.78, 5) is 19.3. The Morgan fingerprint density at radius 1 is 1.09 bits per heavy atom. The molecule has 1 saturated heterocycles. The van der Waals surface area contributed by atoms with E-state index in [0.717, 1.165) is 48.6 Å². The van der Waals surface area contributed by atoms with Crippen molar-refractivity contribution in [2.45, 2.75) is 26.4 Å². The van der Waals surface area contributed by atoms with Gasteiger partial charge in [-0.1, -0.05) is 18.2 Å². The van der Waals surface area contributed by atoms with Crippen molar-refractivity contribution < 1.29 is 14.3 Å². The highest BCUT2D eigenvalue weighted by atomic mass is 16.5. The van der Waals surface area contributed by atoms with E-state index in [4.69, 9.17) is 9.47 Å². The minimum absolute atomic E-state index is 0.0576. The normalized spacial score (nSPS) is 14.1. The number of hydrogen-bond donors (Lipinski definition) is 1. The highest BCUT2D eigenvalue weighted by Gasteiger charge is 2.20. The van der Waals surface area contributed by atoms with Crippen LogP contribution >= 0.6 is 0 Å². The lowest BCUT2D eigenvalue weighted by atomic mass is 9.96. The Balaban J connectivity index is 1.28. The van der Waals surface area contributed by atoms with Crippen LogP contribution in [0.3, 0.4) is 0 Å². The number of anilines is 1. The molecule has 2 heterocycles. The Labute approximate surface area is 195 Å². The lowest BCUT2D eigenvalue weighted by Crippen LogP contribution is -2.38. The number of amides is 1. The second-order valence-corrected chi connectivity index (χ2v) is 8.47. The van der Waals surface area contributed by atoms with Gasteiger partial charge in [-0.3, -0.25) is 9.78 Å². The first-order chi connectivity index (χ1) is 16.1. The van der Waals surface area contributed by atoms with Gasteiger partial charge >= 0.3 is 0 Å². The van der Waals surface area contributed by atoms with Crippen LogP contribution in [-0.4, -0.2) is 37.6 Å². The molecule has 3 aromatic rings. The molecule has 1 fully saturated rings. The number of carbonyl (C=O) groups is 1. The average molecular weight is 446 g/mol. The van der Waals surface area contributed by atoms with Gasteiger partial charge in [-0.15, -0.1) is 0 Å². The maximum Gasteiger partial charge on any atom is 0.251 e. The van der Waals surface area contributed by atoms with Crippen molar-refractivity contribution in [3.63, 3.8) is 0 Å². The largest absolute Gasteiger partial charge is 0.497 e. The van der Waals surface area contributed by atoms with E-state index < -0.39 is 0 Å². The van der Waals surface area contributed by atoms with Gasteiger partial charge in [0.05, 0.1) is 7.11 Å². The van der Waals surface area contributed by atoms with Crippen molar-refractivity contribution >= 4 is 11.6 Å². The third kappa shape index (κ3) is 6.04. The van der Waals surface area contributed by atoms with Gasteiger partial charge in [0.2, 0.25) is 0 Å². The monoisotopic (exact) mass is 445 g/mol. The van der Waals surface area contributed by atoms with E-state index in [0.29, 0.717) is 24.6 Å². The van der Waals surface area contributed by atoms with Crippen LogP contribution in [0.25, 0.3) is 0 Å². The molecule has 0 spiro atoms. The molecule has 0 atom stereocenters. The molecule has 0 aliphatic carbocycles. The minimum Gasteiger partial charge on any atom is -0.497 e. The number of nitrogens with one attached hydrogen (secondary N) is 1. The van der Waals surface area contributed by atoms with Gasteiger partial charge < -0.3 is 19.7 Å². The van der Waals surface area contributed by atoms with Crippen LogP contribution in [0, 0.1) is 12.8 Å². The van der Waals surface area contributed by atoms with Gasteiger partial charge in [0.1, 0.15) is 18.1 Å². The molecular formula is C27H31N3O3. The number of aryl methyl sites for hydroxylation is 1. The van der Waals surface area contributed by atoms with Gasteiger partial charge in [0.25, 0.3) is 5.91 Å². The summed E-state index contributed by atoms with van der Waals surface area (Å²) in [5.74, 6) is 1.95. The molecule has 0 saturated carbocycles. The molecule has 0 radical (unpaired) electrons. The van der Waals surface area contributed by atoms with Gasteiger partial charge in [-0.25, -0.2) is 0 Å². The lowest BCUT2D eigenvalue weighted by Gasteiger charge is -2.33. The second kappa shape index (κ2) is 10.9. The summed E-state index contributed by atoms with van der Waals surface area (Å²) in [6, 6.07) is 17.5. The summed E-state index contributed by atoms with van der Waals surface area (Å²) in [6.07, 6.45) is 5.78. The number of rotatable bonds is 8. The van der Waals surface area contributed by atoms with Gasteiger partial charge in [0, 0.05) is 43.3 Å². The van der Waals surface area contributed by atoms with Crippen molar-refractivity contribution in [2.24, 2.45) is 5.92 Å². The first-order valence-corrected chi connectivity index (χ1v) is 11.4. The maximum atomic E-state index is 12.8. The topological polar surface area (TPSA) is 63.7 Å². The third-order valence-corrected chi connectivity index (χ3v) is 6.17. The Morgan fingerprint density at radius 3 is 2.64 bits per heavy atom. The van der Waals surface area contributed by atoms with E-state index in [1.165, 1.54) is 5.69 Å². The summed E-state index contributed by atoms with van der Waals surface area (Å²) in [7, 11) is 1.65. The number of ether oxygens (including phenoxy) is 2. The Hall–Kier alpha value is -3.54. The molecule has 172 valence electrons. The molecule has 1 aromatic heterocycles. The molecule has 1 N–H and O–H groups in total. The van der Waals surface area contributed by atoms with E-state index in [-0.39, 0.29) is 5.91 Å². The van der Waals surface area contributed by atoms with Crippen molar-refractivity contribution in [1.29, 1.82) is 0 Å². The van der Waals surface area contributed by atoms with Crippen molar-refractivity contribution in [2.75, 3.05) is 31.6 Å². The zero-order chi connectivity index (χ0) is 23.0. The fraction of sp³-hybridized carbons (Fsp3) is 0.333. The summed E-state index contributed by atoms with van der Waals surface area (Å²) < 4.78 is 11.3. The van der Waals surface area contributed by atoms with Crippen LogP contribution in [0.1, 0.15) is 34.3 Å². The van der Waals surface area contributed by atoms with Crippen LogP contribution in [0.15, 0.2) is 67.0 Å². The first kappa shape index (κ1) is 22.6. The zero-order valence-corrected chi connectivity index (χ0v) is 19.3. The molecule has 33 heavy (non-hydrogen) atoms. The van der Waals surface area contributed by atoms with E-state index in [2.05, 4.69) is 15.2 Å². The lowest BCUT2D eigenvalue weighted by molar-refractivity contribution is 0.0944. The number of nitrogens with zero attached hydrogens (tertiary/aromatic N) is 2. The quantitative estimate of drug-likeness (QED) is 0.548. The van der Waals surface area contributed by atoms with Crippen LogP contribution in [-0.2, 0) is 6.61 Å². The fourth-order valence-electron chi connectivity index (χ4n) is 4.11. The summed E-state index contributed by atoms with van der Waals surface area (Å²) in [6.45, 7) is 5.09. The average Bonchev–Trinajstić information content (AvgIpc) is 2.87. The number of piperidine rings is 1. The third-order valence-electron chi connectivity index (χ3n) is 6.17. The highest BCUT2D eigenvalue weighted by molar-refractivity contribution is 5.94. The second-order valence-electron chi connectivity index (χ2n) is 8.47. The van der Waals surface area contributed by atoms with E-state index in [1.54, 1.807) is 7.11 Å². The summed E-state index contributed by atoms with van der Waals surface area (Å²) >= 11 is 0. The summed E-state index contributed by atoms with van der Waals surface area (Å²) in [5.41, 5.74) is 3.85. The van der Waals surface area contributed by atoms with Crippen molar-refractivity contribution in [3.8, 4) is 11.5 Å². The predicted octanol–water partition coefficient (Wildman–Crippen LogP) is 4.62. The van der Waals surface area contributed by atoms with Crippen LogP contribution < -0.4 is 19.7 Å². The van der Waals surface area contributed by atoms with Crippen molar-refractivity contribution in [3.05, 3.63) is 83.7 Å². The van der Waals surface area contributed by atoms with Crippen LogP contribution in [0.2, 0.25) is 0 Å². The molecule has 6 heteroatoms. The molecule has 4 rings (SSSR count). The smallest absolute Gasteiger partial charge is 0.251 e. The predicted molar refractivity (Wildman–Crippen MR) is 130 cm³/mol. The minimum atomic E-state index is -0.0576. The molecule has 6 nitrogen and oxygen atoms in total.